The first-order valence-electron chi connectivity index (χ1n) is 7.76. The molecular formula is C18H24N2O4S. The zero-order valence-corrected chi connectivity index (χ0v) is 15.9. The Morgan fingerprint density at radius 1 is 1.28 bits per heavy atom. The van der Waals surface area contributed by atoms with Crippen LogP contribution in [-0.4, -0.2) is 54.0 Å². The van der Waals surface area contributed by atoms with Gasteiger partial charge in [-0.25, -0.2) is 19.5 Å². The third-order valence-electron chi connectivity index (χ3n) is 3.63. The Morgan fingerprint density at radius 3 is 2.60 bits per heavy atom. The van der Waals surface area contributed by atoms with Crippen LogP contribution in [0.15, 0.2) is 35.6 Å². The number of aromatic nitrogens is 2. The molecule has 0 atom stereocenters. The number of methoxy groups -OCH3 is 1. The van der Waals surface area contributed by atoms with E-state index < -0.39 is 16.0 Å². The number of hydrogen-bond donors (Lipinski definition) is 0. The van der Waals surface area contributed by atoms with Crippen molar-refractivity contribution in [1.29, 1.82) is 0 Å². The van der Waals surface area contributed by atoms with E-state index in [-0.39, 0.29) is 23.4 Å². The van der Waals surface area contributed by atoms with Gasteiger partial charge in [0.25, 0.3) is 0 Å². The number of ether oxygens (including phenoxy) is 2. The molecule has 0 N–H and O–H groups in total. The van der Waals surface area contributed by atoms with Gasteiger partial charge in [-0.15, -0.1) is 0 Å². The number of benzene rings is 1. The minimum Gasteiger partial charge on any atom is -0.465 e. The van der Waals surface area contributed by atoms with Crippen molar-refractivity contribution in [3.8, 4) is 0 Å². The van der Waals surface area contributed by atoms with Crippen molar-refractivity contribution in [1.82, 2.24) is 9.78 Å². The van der Waals surface area contributed by atoms with Crippen molar-refractivity contribution in [2.45, 2.75) is 6.73 Å². The number of fused-ring (bicyclic) bond motifs is 1. The summed E-state index contributed by atoms with van der Waals surface area (Å²) >= 11 is 0. The lowest BCUT2D eigenvalue weighted by Crippen LogP contribution is -2.22. The van der Waals surface area contributed by atoms with Gasteiger partial charge in [-0.05, 0) is 30.9 Å². The molecule has 2 aromatic rings. The molecule has 0 bridgehead atoms. The van der Waals surface area contributed by atoms with Gasteiger partial charge in [-0.2, -0.15) is 5.10 Å². The van der Waals surface area contributed by atoms with Crippen molar-refractivity contribution in [2.24, 2.45) is 0 Å². The maximum Gasteiger partial charge on any atom is 0.339 e. The van der Waals surface area contributed by atoms with Gasteiger partial charge in [0.1, 0.15) is 12.4 Å². The second-order valence-corrected chi connectivity index (χ2v) is 11.1. The molecule has 0 saturated carbocycles. The Bertz CT molecular complexity index is 852. The molecule has 0 saturated heterocycles. The Kier molecular flexibility index (Phi) is 6.02. The van der Waals surface area contributed by atoms with Gasteiger partial charge in [0.15, 0.2) is 0 Å². The van der Waals surface area contributed by atoms with E-state index in [1.54, 1.807) is 22.9 Å². The largest absolute Gasteiger partial charge is 0.465 e. The Morgan fingerprint density at radius 2 is 1.96 bits per heavy atom. The van der Waals surface area contributed by atoms with E-state index in [0.717, 1.165) is 5.75 Å². The molecule has 0 amide bonds. The first-order valence-corrected chi connectivity index (χ1v) is 10.8. The van der Waals surface area contributed by atoms with Crippen LogP contribution < -0.4 is 5.43 Å². The third-order valence-corrected chi connectivity index (χ3v) is 5.03. The third kappa shape index (κ3) is 4.70. The zero-order valence-electron chi connectivity index (χ0n) is 15.1. The predicted octanol–water partition coefficient (Wildman–Crippen LogP) is 2.25. The van der Waals surface area contributed by atoms with Crippen molar-refractivity contribution < 1.29 is 14.3 Å². The Balaban J connectivity index is 2.38. The van der Waals surface area contributed by atoms with Crippen LogP contribution in [0, 0.1) is 0 Å². The van der Waals surface area contributed by atoms with Crippen molar-refractivity contribution in [3.63, 3.8) is 0 Å². The van der Waals surface area contributed by atoms with Gasteiger partial charge in [-0.3, -0.25) is 4.79 Å². The molecule has 7 heteroatoms. The molecule has 1 heterocycles. The molecule has 136 valence electrons. The number of esters is 1. The summed E-state index contributed by atoms with van der Waals surface area (Å²) in [5.41, 5.74) is 0.222. The van der Waals surface area contributed by atoms with Gasteiger partial charge in [0.05, 0.1) is 24.8 Å². The molecule has 25 heavy (non-hydrogen) atoms. The fraction of sp³-hybridized carbons (Fsp3) is 0.389. The first kappa shape index (κ1) is 19.2. The first-order chi connectivity index (χ1) is 11.7. The van der Waals surface area contributed by atoms with Crippen LogP contribution in [0.1, 0.15) is 5.69 Å². The minimum absolute atomic E-state index is 0.0180. The Labute approximate surface area is 148 Å². The number of carbonyl (C=O) groups is 1. The number of nitrogens with zero attached hydrogens (tertiary/aromatic N) is 2. The van der Waals surface area contributed by atoms with Gasteiger partial charge in [0, 0.05) is 11.1 Å². The maximum absolute atomic E-state index is 12.6. The van der Waals surface area contributed by atoms with Crippen LogP contribution in [0.4, 0.5) is 0 Å². The van der Waals surface area contributed by atoms with E-state index in [9.17, 15) is 9.59 Å². The summed E-state index contributed by atoms with van der Waals surface area (Å²) in [4.78, 5) is 24.4. The number of carbonyl (C=O) groups excluding carboxylic acids is 1. The normalized spacial score (nSPS) is 12.2. The summed E-state index contributed by atoms with van der Waals surface area (Å²) in [7, 11) is 0.597. The monoisotopic (exact) mass is 364 g/mol. The van der Waals surface area contributed by atoms with Crippen LogP contribution in [0.2, 0.25) is 0 Å². The molecular weight excluding hydrogens is 340 g/mol. The highest BCUT2D eigenvalue weighted by molar-refractivity contribution is 8.32. The summed E-state index contributed by atoms with van der Waals surface area (Å²) in [6, 6.07) is 7.09. The van der Waals surface area contributed by atoms with E-state index in [1.165, 1.54) is 7.11 Å². The minimum atomic E-state index is -0.677. The van der Waals surface area contributed by atoms with E-state index in [0.29, 0.717) is 17.5 Å². The zero-order chi connectivity index (χ0) is 18.6. The molecule has 1 aromatic carbocycles. The highest BCUT2D eigenvalue weighted by Gasteiger charge is 2.18. The highest BCUT2D eigenvalue weighted by Crippen LogP contribution is 2.33. The number of rotatable bonds is 7. The number of hydrogen-bond acceptors (Lipinski definition) is 5. The summed E-state index contributed by atoms with van der Waals surface area (Å²) in [6.07, 6.45) is 6.67. The second-order valence-electron chi connectivity index (χ2n) is 6.50. The van der Waals surface area contributed by atoms with Crippen LogP contribution in [0.25, 0.3) is 16.5 Å². The van der Waals surface area contributed by atoms with Crippen LogP contribution in [-0.2, 0) is 21.0 Å². The van der Waals surface area contributed by atoms with Crippen molar-refractivity contribution in [2.75, 3.05) is 38.2 Å². The van der Waals surface area contributed by atoms with E-state index >= 15 is 0 Å². The standard InChI is InChI=1S/C18H24N2O4S/c1-13(18(22)23-2)16-17(21)14-8-6-7-9-15(14)20(19-16)12-24-10-11-25(3,4)5/h6-9H,1,10-12H2,2-5H3. The lowest BCUT2D eigenvalue weighted by atomic mass is 10.1. The molecule has 0 aliphatic carbocycles. The number of para-hydroxylation sites is 1. The lowest BCUT2D eigenvalue weighted by Gasteiger charge is -2.24. The summed E-state index contributed by atoms with van der Waals surface area (Å²) in [5.74, 6) is 0.302. The SMILES string of the molecule is C=C(C(=O)OC)c1nn(COCCS(C)(C)C)c2ccccc2c1=O. The van der Waals surface area contributed by atoms with Gasteiger partial charge in [0.2, 0.25) is 5.43 Å². The molecule has 1 aromatic heterocycles. The van der Waals surface area contributed by atoms with Crippen molar-refractivity contribution in [3.05, 3.63) is 46.8 Å². The lowest BCUT2D eigenvalue weighted by molar-refractivity contribution is -0.133. The van der Waals surface area contributed by atoms with Gasteiger partial charge in [-0.1, -0.05) is 18.7 Å². The average molecular weight is 364 g/mol. The summed E-state index contributed by atoms with van der Waals surface area (Å²) < 4.78 is 12.0. The van der Waals surface area contributed by atoms with Crippen LogP contribution in [0.5, 0.6) is 0 Å². The average Bonchev–Trinajstić information content (AvgIpc) is 2.58. The van der Waals surface area contributed by atoms with E-state index in [4.69, 9.17) is 4.74 Å². The molecule has 0 aliphatic rings. The predicted molar refractivity (Wildman–Crippen MR) is 103 cm³/mol. The van der Waals surface area contributed by atoms with E-state index in [2.05, 4.69) is 35.2 Å². The molecule has 0 aliphatic heterocycles. The molecule has 0 radical (unpaired) electrons. The summed E-state index contributed by atoms with van der Waals surface area (Å²) in [5, 5.41) is 4.75. The molecule has 2 rings (SSSR count). The Hall–Kier alpha value is -2.12. The summed E-state index contributed by atoms with van der Waals surface area (Å²) in [6.45, 7) is 4.44. The second kappa shape index (κ2) is 7.84. The highest BCUT2D eigenvalue weighted by atomic mass is 32.3. The fourth-order valence-corrected chi connectivity index (χ4v) is 2.83. The molecule has 0 fully saturated rings. The quantitative estimate of drug-likeness (QED) is 0.428. The van der Waals surface area contributed by atoms with E-state index in [1.807, 2.05) is 6.07 Å². The molecule has 6 nitrogen and oxygen atoms in total. The van der Waals surface area contributed by atoms with Gasteiger partial charge < -0.3 is 9.47 Å². The van der Waals surface area contributed by atoms with Crippen LogP contribution >= 0.6 is 10.0 Å². The van der Waals surface area contributed by atoms with Gasteiger partial charge >= 0.3 is 5.97 Å². The smallest absolute Gasteiger partial charge is 0.339 e. The fourth-order valence-electron chi connectivity index (χ4n) is 2.21. The molecule has 0 unspecified atom stereocenters. The maximum atomic E-state index is 12.6. The van der Waals surface area contributed by atoms with Crippen LogP contribution in [0.3, 0.4) is 0 Å². The topological polar surface area (TPSA) is 70.4 Å². The molecule has 0 spiro atoms. The van der Waals surface area contributed by atoms with Crippen molar-refractivity contribution >= 4 is 32.5 Å².